The minimum Gasteiger partial charge on any atom is -0.493 e. The summed E-state index contributed by atoms with van der Waals surface area (Å²) in [5.74, 6) is 1.95. The highest BCUT2D eigenvalue weighted by atomic mass is 16.5. The number of aryl methyl sites for hydroxylation is 1. The zero-order valence-electron chi connectivity index (χ0n) is 18.8. The average Bonchev–Trinajstić information content (AvgIpc) is 3.26. The number of aromatic nitrogens is 3. The molecule has 1 atom stereocenters. The van der Waals surface area contributed by atoms with Crippen LogP contribution in [0.3, 0.4) is 0 Å². The number of rotatable bonds is 9. The molecule has 1 amide bonds. The van der Waals surface area contributed by atoms with E-state index >= 15 is 0 Å². The second kappa shape index (κ2) is 10.3. The fourth-order valence-electron chi connectivity index (χ4n) is 4.01. The summed E-state index contributed by atoms with van der Waals surface area (Å²) >= 11 is 0. The van der Waals surface area contributed by atoms with Gasteiger partial charge in [0.05, 0.1) is 31.2 Å². The molecule has 0 unspecified atom stereocenters. The number of anilines is 2. The molecule has 0 spiro atoms. The molecule has 0 radical (unpaired) electrons. The van der Waals surface area contributed by atoms with Gasteiger partial charge in [-0.3, -0.25) is 14.7 Å². The summed E-state index contributed by atoms with van der Waals surface area (Å²) in [5, 5.41) is 3.25. The van der Waals surface area contributed by atoms with Crippen LogP contribution in [0.4, 0.5) is 11.6 Å². The van der Waals surface area contributed by atoms with Crippen molar-refractivity contribution in [2.24, 2.45) is 5.73 Å². The maximum atomic E-state index is 11.0. The number of hydrogen-bond acceptors (Lipinski definition) is 8. The molecule has 1 aliphatic rings. The molecule has 33 heavy (non-hydrogen) atoms. The third kappa shape index (κ3) is 5.75. The molecule has 3 aromatic rings. The minimum absolute atomic E-state index is 0.168. The second-order valence-electron chi connectivity index (χ2n) is 7.99. The lowest BCUT2D eigenvalue weighted by atomic mass is 10.1. The average molecular weight is 449 g/mol. The molecule has 2 aromatic heterocycles. The summed E-state index contributed by atoms with van der Waals surface area (Å²) < 4.78 is 10.9. The number of nitrogens with one attached hydrogen (secondary N) is 1. The van der Waals surface area contributed by atoms with E-state index in [0.29, 0.717) is 17.3 Å². The van der Waals surface area contributed by atoms with E-state index in [1.807, 2.05) is 43.5 Å². The minimum atomic E-state index is -0.531. The number of benzene rings is 1. The van der Waals surface area contributed by atoms with Crippen molar-refractivity contribution in [2.75, 3.05) is 25.6 Å². The van der Waals surface area contributed by atoms with E-state index in [2.05, 4.69) is 20.2 Å². The van der Waals surface area contributed by atoms with Crippen LogP contribution in [0.25, 0.3) is 0 Å². The number of amides is 1. The van der Waals surface area contributed by atoms with Gasteiger partial charge in [-0.25, -0.2) is 9.97 Å². The lowest BCUT2D eigenvalue weighted by Crippen LogP contribution is -2.24. The van der Waals surface area contributed by atoms with Crippen LogP contribution in [0.1, 0.15) is 35.8 Å². The third-order valence-electron chi connectivity index (χ3n) is 5.49. The standard InChI is InChI=1S/C24H28N6O3/c1-16-5-3-7-23(27-16)29-24-13-26-12-18(28-24)19-6-4-10-30(19)14-17-8-9-20(21(11-17)32-2)33-15-22(25)31/h3,5,7-9,11-13,19H,4,6,10,14-15H2,1-2H3,(H2,25,31)(H,27,28,29)/t19-/m0/s1. The van der Waals surface area contributed by atoms with Crippen molar-refractivity contribution in [3.8, 4) is 11.5 Å². The van der Waals surface area contributed by atoms with Gasteiger partial charge in [-0.2, -0.15) is 0 Å². The van der Waals surface area contributed by atoms with Gasteiger partial charge in [0.2, 0.25) is 0 Å². The number of hydrogen-bond donors (Lipinski definition) is 2. The summed E-state index contributed by atoms with van der Waals surface area (Å²) in [6, 6.07) is 11.7. The zero-order valence-corrected chi connectivity index (χ0v) is 18.8. The summed E-state index contributed by atoms with van der Waals surface area (Å²) in [6.07, 6.45) is 5.64. The van der Waals surface area contributed by atoms with Gasteiger partial charge in [0.1, 0.15) is 11.6 Å². The first kappa shape index (κ1) is 22.5. The van der Waals surface area contributed by atoms with Crippen molar-refractivity contribution in [2.45, 2.75) is 32.4 Å². The van der Waals surface area contributed by atoms with Gasteiger partial charge in [-0.05, 0) is 56.1 Å². The molecular weight excluding hydrogens is 420 g/mol. The Morgan fingerprint density at radius 2 is 2.06 bits per heavy atom. The highest BCUT2D eigenvalue weighted by molar-refractivity contribution is 5.75. The molecule has 1 fully saturated rings. The first-order valence-electron chi connectivity index (χ1n) is 10.9. The van der Waals surface area contributed by atoms with E-state index < -0.39 is 5.91 Å². The molecule has 9 heteroatoms. The Labute approximate surface area is 193 Å². The number of methoxy groups -OCH3 is 1. The molecule has 4 rings (SSSR count). The topological polar surface area (TPSA) is 115 Å². The Hall–Kier alpha value is -3.72. The number of nitrogens with zero attached hydrogens (tertiary/aromatic N) is 4. The molecule has 0 saturated carbocycles. The van der Waals surface area contributed by atoms with Gasteiger partial charge >= 0.3 is 0 Å². The van der Waals surface area contributed by atoms with Crippen molar-refractivity contribution < 1.29 is 14.3 Å². The van der Waals surface area contributed by atoms with Crippen LogP contribution in [0.15, 0.2) is 48.8 Å². The van der Waals surface area contributed by atoms with Crippen LogP contribution in [0.2, 0.25) is 0 Å². The van der Waals surface area contributed by atoms with E-state index in [4.69, 9.17) is 20.2 Å². The summed E-state index contributed by atoms with van der Waals surface area (Å²) in [4.78, 5) is 27.1. The number of likely N-dealkylation sites (tertiary alicyclic amines) is 1. The molecule has 1 saturated heterocycles. The molecule has 9 nitrogen and oxygen atoms in total. The predicted octanol–water partition coefficient (Wildman–Crippen LogP) is 3.13. The summed E-state index contributed by atoms with van der Waals surface area (Å²) in [5.41, 5.74) is 8.12. The van der Waals surface area contributed by atoms with Crippen LogP contribution < -0.4 is 20.5 Å². The van der Waals surface area contributed by atoms with Crippen molar-refractivity contribution in [1.29, 1.82) is 0 Å². The van der Waals surface area contributed by atoms with Crippen LogP contribution >= 0.6 is 0 Å². The summed E-state index contributed by atoms with van der Waals surface area (Å²) in [7, 11) is 1.58. The van der Waals surface area contributed by atoms with E-state index in [0.717, 1.165) is 48.7 Å². The van der Waals surface area contributed by atoms with Crippen LogP contribution in [0.5, 0.6) is 11.5 Å². The maximum Gasteiger partial charge on any atom is 0.255 e. The molecule has 0 bridgehead atoms. The summed E-state index contributed by atoms with van der Waals surface area (Å²) in [6.45, 7) is 3.46. The monoisotopic (exact) mass is 448 g/mol. The molecule has 0 aliphatic carbocycles. The van der Waals surface area contributed by atoms with Crippen LogP contribution in [-0.2, 0) is 11.3 Å². The van der Waals surface area contributed by atoms with Gasteiger partial charge in [-0.1, -0.05) is 12.1 Å². The number of ether oxygens (including phenoxy) is 2. The molecular formula is C24H28N6O3. The first-order chi connectivity index (χ1) is 16.0. The quantitative estimate of drug-likeness (QED) is 0.513. The van der Waals surface area contributed by atoms with Crippen molar-refractivity contribution in [3.05, 3.63) is 65.7 Å². The van der Waals surface area contributed by atoms with Crippen LogP contribution in [-0.4, -0.2) is 46.0 Å². The largest absolute Gasteiger partial charge is 0.493 e. The molecule has 1 aliphatic heterocycles. The number of primary amides is 1. The number of nitrogens with two attached hydrogens (primary N) is 1. The highest BCUT2D eigenvalue weighted by Gasteiger charge is 2.28. The number of pyridine rings is 1. The Morgan fingerprint density at radius 1 is 1.18 bits per heavy atom. The van der Waals surface area contributed by atoms with Gasteiger partial charge in [0.25, 0.3) is 5.91 Å². The first-order valence-corrected chi connectivity index (χ1v) is 10.9. The molecule has 3 N–H and O–H groups in total. The van der Waals surface area contributed by atoms with Gasteiger partial charge in [0, 0.05) is 12.2 Å². The lowest BCUT2D eigenvalue weighted by Gasteiger charge is -2.24. The second-order valence-corrected chi connectivity index (χ2v) is 7.99. The number of carbonyl (C=O) groups is 1. The Morgan fingerprint density at radius 3 is 2.85 bits per heavy atom. The number of carbonyl (C=O) groups excluding carboxylic acids is 1. The van der Waals surface area contributed by atoms with E-state index in [1.54, 1.807) is 19.4 Å². The fraction of sp³-hybridized carbons (Fsp3) is 0.333. The SMILES string of the molecule is COc1cc(CN2CCC[C@H]2c2cncc(Nc3cccc(C)n3)n2)ccc1OCC(N)=O. The van der Waals surface area contributed by atoms with Gasteiger partial charge in [0.15, 0.2) is 18.1 Å². The van der Waals surface area contributed by atoms with E-state index in [9.17, 15) is 4.79 Å². The molecule has 172 valence electrons. The van der Waals surface area contributed by atoms with Crippen molar-refractivity contribution in [3.63, 3.8) is 0 Å². The van der Waals surface area contributed by atoms with Gasteiger partial charge < -0.3 is 20.5 Å². The normalized spacial score (nSPS) is 15.9. The zero-order chi connectivity index (χ0) is 23.2. The highest BCUT2D eigenvalue weighted by Crippen LogP contribution is 2.34. The maximum absolute atomic E-state index is 11.0. The van der Waals surface area contributed by atoms with Gasteiger partial charge in [-0.15, -0.1) is 0 Å². The van der Waals surface area contributed by atoms with Crippen molar-refractivity contribution >= 4 is 17.5 Å². The van der Waals surface area contributed by atoms with E-state index in [1.165, 1.54) is 0 Å². The Kier molecular flexibility index (Phi) is 6.99. The smallest absolute Gasteiger partial charge is 0.255 e. The van der Waals surface area contributed by atoms with Crippen molar-refractivity contribution in [1.82, 2.24) is 19.9 Å². The predicted molar refractivity (Wildman–Crippen MR) is 124 cm³/mol. The van der Waals surface area contributed by atoms with Crippen LogP contribution in [0, 0.1) is 6.92 Å². The Bertz CT molecular complexity index is 1120. The Balaban J connectivity index is 1.47. The lowest BCUT2D eigenvalue weighted by molar-refractivity contribution is -0.119. The fourth-order valence-corrected chi connectivity index (χ4v) is 4.01. The van der Waals surface area contributed by atoms with E-state index in [-0.39, 0.29) is 12.6 Å². The third-order valence-corrected chi connectivity index (χ3v) is 5.49. The molecule has 1 aromatic carbocycles. The molecule has 3 heterocycles.